The Kier molecular flexibility index (Phi) is 4.86. The second-order valence-electron chi connectivity index (χ2n) is 5.17. The smallest absolute Gasteiger partial charge is 0.144 e. The Labute approximate surface area is 131 Å². The van der Waals surface area contributed by atoms with E-state index < -0.39 is 11.4 Å². The topological polar surface area (TPSA) is 48.3 Å². The maximum absolute atomic E-state index is 11.8. The number of hydrogen-bond donors (Lipinski definition) is 0. The Hall–Kier alpha value is -0.880. The van der Waals surface area contributed by atoms with Gasteiger partial charge in [0.1, 0.15) is 21.1 Å². The predicted octanol–water partition coefficient (Wildman–Crippen LogP) is 4.34. The molecule has 0 bridgehead atoms. The van der Waals surface area contributed by atoms with Crippen molar-refractivity contribution in [3.63, 3.8) is 0 Å². The fourth-order valence-electron chi connectivity index (χ4n) is 1.33. The van der Waals surface area contributed by atoms with E-state index in [2.05, 4.69) is 9.38 Å². The fourth-order valence-corrected chi connectivity index (χ4v) is 2.84. The number of aromatic nitrogens is 1. The van der Waals surface area contributed by atoms with Gasteiger partial charge in [0.15, 0.2) is 0 Å². The summed E-state index contributed by atoms with van der Waals surface area (Å²) in [5.74, 6) is 0. The van der Waals surface area contributed by atoms with E-state index in [1.807, 2.05) is 45.0 Å². The van der Waals surface area contributed by atoms with Crippen LogP contribution in [0.4, 0.5) is 0 Å². The number of hydrogen-bond acceptors (Lipinski definition) is 4. The van der Waals surface area contributed by atoms with Crippen LogP contribution in [0.5, 0.6) is 0 Å². The minimum Gasteiger partial charge on any atom is -0.591 e. The first-order valence-electron chi connectivity index (χ1n) is 6.04. The van der Waals surface area contributed by atoms with Crippen LogP contribution in [0.2, 0.25) is 5.02 Å². The average molecular weight is 327 g/mol. The van der Waals surface area contributed by atoms with Gasteiger partial charge < -0.3 is 4.55 Å². The molecule has 0 aliphatic rings. The molecule has 1 aromatic heterocycles. The van der Waals surface area contributed by atoms with Crippen LogP contribution in [0.3, 0.4) is 0 Å². The zero-order valence-corrected chi connectivity index (χ0v) is 13.9. The van der Waals surface area contributed by atoms with Gasteiger partial charge in [-0.3, -0.25) is 0 Å². The van der Waals surface area contributed by atoms with Gasteiger partial charge in [-0.05, 0) is 32.9 Å². The summed E-state index contributed by atoms with van der Waals surface area (Å²) < 4.78 is 15.6. The standard InChI is InChI=1S/C14H15ClN2OS2/c1-14(2,3)20(18)17-9-12-8-16-13(19-12)10-4-6-11(15)7-5-10/h4-9H,1-3H3/b17-9+. The van der Waals surface area contributed by atoms with Crippen LogP contribution in [0.15, 0.2) is 34.9 Å². The minimum atomic E-state index is -1.25. The van der Waals surface area contributed by atoms with Crippen LogP contribution in [0.25, 0.3) is 10.6 Å². The normalized spacial score (nSPS) is 13.8. The average Bonchev–Trinajstić information content (AvgIpc) is 2.84. The molecular weight excluding hydrogens is 312 g/mol. The van der Waals surface area contributed by atoms with Gasteiger partial charge >= 0.3 is 0 Å². The van der Waals surface area contributed by atoms with Crippen molar-refractivity contribution in [2.24, 2.45) is 4.40 Å². The van der Waals surface area contributed by atoms with Crippen LogP contribution in [0.1, 0.15) is 25.6 Å². The van der Waals surface area contributed by atoms with Gasteiger partial charge in [0.2, 0.25) is 0 Å². The van der Waals surface area contributed by atoms with Crippen molar-refractivity contribution < 1.29 is 4.55 Å². The highest BCUT2D eigenvalue weighted by molar-refractivity contribution is 7.91. The highest BCUT2D eigenvalue weighted by Crippen LogP contribution is 2.26. The van der Waals surface area contributed by atoms with Gasteiger partial charge in [-0.2, -0.15) is 0 Å². The summed E-state index contributed by atoms with van der Waals surface area (Å²) in [6.07, 6.45) is 3.36. The lowest BCUT2D eigenvalue weighted by atomic mass is 10.2. The van der Waals surface area contributed by atoms with Crippen LogP contribution in [0, 0.1) is 0 Å². The molecule has 2 rings (SSSR count). The molecule has 6 heteroatoms. The van der Waals surface area contributed by atoms with Crippen LogP contribution in [-0.2, 0) is 11.4 Å². The number of rotatable bonds is 3. The van der Waals surface area contributed by atoms with Gasteiger partial charge in [0.05, 0.1) is 11.1 Å². The van der Waals surface area contributed by atoms with E-state index in [1.54, 1.807) is 12.4 Å². The monoisotopic (exact) mass is 326 g/mol. The molecule has 1 aromatic carbocycles. The second kappa shape index (κ2) is 6.26. The highest BCUT2D eigenvalue weighted by Gasteiger charge is 2.25. The van der Waals surface area contributed by atoms with Gasteiger partial charge in [0, 0.05) is 16.8 Å². The molecule has 1 atom stereocenters. The number of thiazole rings is 1. The third kappa shape index (κ3) is 4.06. The minimum absolute atomic E-state index is 0.347. The van der Waals surface area contributed by atoms with Crippen LogP contribution < -0.4 is 0 Å². The van der Waals surface area contributed by atoms with Crippen molar-refractivity contribution in [2.45, 2.75) is 25.5 Å². The summed E-state index contributed by atoms with van der Waals surface area (Å²) in [7, 11) is 0. The van der Waals surface area contributed by atoms with E-state index in [0.717, 1.165) is 15.4 Å². The van der Waals surface area contributed by atoms with E-state index in [0.29, 0.717) is 5.02 Å². The molecule has 106 valence electrons. The van der Waals surface area contributed by atoms with Crippen molar-refractivity contribution in [3.8, 4) is 10.6 Å². The first kappa shape index (κ1) is 15.5. The van der Waals surface area contributed by atoms with Crippen molar-refractivity contribution in [1.82, 2.24) is 4.98 Å². The lowest BCUT2D eigenvalue weighted by molar-refractivity contribution is 0.562. The maximum atomic E-state index is 11.8. The lowest BCUT2D eigenvalue weighted by Gasteiger charge is -2.17. The van der Waals surface area contributed by atoms with Gasteiger partial charge in [0.25, 0.3) is 0 Å². The molecule has 0 spiro atoms. The Morgan fingerprint density at radius 2 is 1.95 bits per heavy atom. The van der Waals surface area contributed by atoms with Gasteiger partial charge in [-0.25, -0.2) is 4.98 Å². The van der Waals surface area contributed by atoms with E-state index in [9.17, 15) is 4.55 Å². The lowest BCUT2D eigenvalue weighted by Crippen LogP contribution is -2.25. The molecule has 0 saturated heterocycles. The quantitative estimate of drug-likeness (QED) is 0.622. The maximum Gasteiger partial charge on any atom is 0.144 e. The zero-order chi connectivity index (χ0) is 14.8. The molecule has 20 heavy (non-hydrogen) atoms. The van der Waals surface area contributed by atoms with E-state index >= 15 is 0 Å². The Morgan fingerprint density at radius 3 is 2.55 bits per heavy atom. The predicted molar refractivity (Wildman–Crippen MR) is 88.0 cm³/mol. The van der Waals surface area contributed by atoms with E-state index in [1.165, 1.54) is 11.3 Å². The van der Waals surface area contributed by atoms with E-state index in [4.69, 9.17) is 11.6 Å². The highest BCUT2D eigenvalue weighted by atomic mass is 35.5. The molecule has 2 aromatic rings. The molecule has 0 aliphatic heterocycles. The third-order valence-corrected chi connectivity index (χ3v) is 4.99. The number of benzene rings is 1. The first-order chi connectivity index (χ1) is 9.36. The fraction of sp³-hybridized carbons (Fsp3) is 0.286. The molecule has 3 nitrogen and oxygen atoms in total. The zero-order valence-electron chi connectivity index (χ0n) is 11.5. The molecule has 0 fully saturated rings. The van der Waals surface area contributed by atoms with Crippen molar-refractivity contribution >= 4 is 40.5 Å². The molecule has 0 radical (unpaired) electrons. The molecule has 0 aliphatic carbocycles. The molecule has 1 unspecified atom stereocenters. The summed E-state index contributed by atoms with van der Waals surface area (Å²) in [5.41, 5.74) is 1.01. The number of halogens is 1. The third-order valence-electron chi connectivity index (χ3n) is 2.41. The van der Waals surface area contributed by atoms with Crippen LogP contribution >= 0.6 is 22.9 Å². The summed E-state index contributed by atoms with van der Waals surface area (Å²) in [5, 5.41) is 1.59. The molecule has 0 amide bonds. The van der Waals surface area contributed by atoms with Gasteiger partial charge in [-0.1, -0.05) is 28.1 Å². The van der Waals surface area contributed by atoms with Crippen LogP contribution in [-0.4, -0.2) is 20.5 Å². The second-order valence-corrected chi connectivity index (χ2v) is 8.60. The largest absolute Gasteiger partial charge is 0.591 e. The van der Waals surface area contributed by atoms with Crippen molar-refractivity contribution in [3.05, 3.63) is 40.4 Å². The Bertz CT molecular complexity index is 602. The SMILES string of the molecule is CC(C)(C)[S+]([O-])/N=C/c1cnc(-c2ccc(Cl)cc2)s1. The Balaban J connectivity index is 2.13. The first-order valence-corrected chi connectivity index (χ1v) is 8.34. The molecule has 0 saturated carbocycles. The van der Waals surface area contributed by atoms with E-state index in [-0.39, 0.29) is 4.75 Å². The van der Waals surface area contributed by atoms with Gasteiger partial charge in [-0.15, -0.1) is 11.3 Å². The number of nitrogens with zero attached hydrogens (tertiary/aromatic N) is 2. The summed E-state index contributed by atoms with van der Waals surface area (Å²) in [4.78, 5) is 5.22. The summed E-state index contributed by atoms with van der Waals surface area (Å²) in [6.45, 7) is 5.69. The molecule has 0 N–H and O–H groups in total. The summed E-state index contributed by atoms with van der Waals surface area (Å²) in [6, 6.07) is 7.52. The molecule has 1 heterocycles. The Morgan fingerprint density at radius 1 is 1.30 bits per heavy atom. The van der Waals surface area contributed by atoms with Crippen molar-refractivity contribution in [2.75, 3.05) is 0 Å². The molecular formula is C14H15ClN2OS2. The van der Waals surface area contributed by atoms with Crippen molar-refractivity contribution in [1.29, 1.82) is 0 Å². The summed E-state index contributed by atoms with van der Waals surface area (Å²) >= 11 is 6.12.